The standard InChI is InChI=1S/C16H18N2O4/c1-3-11-17-16(21)12-7-5-6-8-13(12)18-14(19)9-10-15(20)22-4-2/h3,5-10H,1,4,11H2,2H3,(H,17,21)(H,18,19)/b10-9+. The van der Waals surface area contributed by atoms with Crippen molar-refractivity contribution in [1.82, 2.24) is 5.32 Å². The minimum Gasteiger partial charge on any atom is -0.463 e. The summed E-state index contributed by atoms with van der Waals surface area (Å²) in [4.78, 5) is 34.8. The van der Waals surface area contributed by atoms with E-state index < -0.39 is 11.9 Å². The maximum absolute atomic E-state index is 12.0. The minimum absolute atomic E-state index is 0.233. The van der Waals surface area contributed by atoms with Crippen LogP contribution in [0.15, 0.2) is 49.1 Å². The van der Waals surface area contributed by atoms with Gasteiger partial charge in [0.25, 0.3) is 5.91 Å². The molecule has 1 aromatic rings. The predicted octanol–water partition coefficient (Wildman–Crippen LogP) is 1.66. The Morgan fingerprint density at radius 3 is 2.64 bits per heavy atom. The van der Waals surface area contributed by atoms with E-state index in [1.165, 1.54) is 0 Å². The van der Waals surface area contributed by atoms with Crippen LogP contribution >= 0.6 is 0 Å². The zero-order chi connectivity index (χ0) is 16.4. The summed E-state index contributed by atoms with van der Waals surface area (Å²) in [5.74, 6) is -1.46. The van der Waals surface area contributed by atoms with Crippen molar-refractivity contribution in [1.29, 1.82) is 0 Å². The van der Waals surface area contributed by atoms with Crippen LogP contribution < -0.4 is 10.6 Å². The Bertz CT molecular complexity index is 594. The molecule has 0 spiro atoms. The molecule has 0 saturated carbocycles. The molecule has 1 aromatic carbocycles. The number of hydrogen-bond acceptors (Lipinski definition) is 4. The van der Waals surface area contributed by atoms with Gasteiger partial charge in [-0.25, -0.2) is 4.79 Å². The molecule has 0 unspecified atom stereocenters. The van der Waals surface area contributed by atoms with E-state index in [0.29, 0.717) is 17.8 Å². The molecule has 2 amide bonds. The number of ether oxygens (including phenoxy) is 1. The fourth-order valence-electron chi connectivity index (χ4n) is 1.56. The first-order valence-corrected chi connectivity index (χ1v) is 6.72. The average molecular weight is 302 g/mol. The number of esters is 1. The van der Waals surface area contributed by atoms with Crippen molar-refractivity contribution in [2.75, 3.05) is 18.5 Å². The zero-order valence-electron chi connectivity index (χ0n) is 12.3. The summed E-state index contributed by atoms with van der Waals surface area (Å²) >= 11 is 0. The van der Waals surface area contributed by atoms with Gasteiger partial charge in [0.15, 0.2) is 0 Å². The SMILES string of the molecule is C=CCNC(=O)c1ccccc1NC(=O)/C=C/C(=O)OCC. The van der Waals surface area contributed by atoms with Crippen LogP contribution in [0.3, 0.4) is 0 Å². The van der Waals surface area contributed by atoms with Gasteiger partial charge >= 0.3 is 5.97 Å². The highest BCUT2D eigenvalue weighted by atomic mass is 16.5. The van der Waals surface area contributed by atoms with E-state index in [4.69, 9.17) is 0 Å². The largest absolute Gasteiger partial charge is 0.463 e. The fourth-order valence-corrected chi connectivity index (χ4v) is 1.56. The molecule has 6 nitrogen and oxygen atoms in total. The number of benzene rings is 1. The third kappa shape index (κ3) is 5.62. The summed E-state index contributed by atoms with van der Waals surface area (Å²) in [6, 6.07) is 6.56. The lowest BCUT2D eigenvalue weighted by Crippen LogP contribution is -2.25. The van der Waals surface area contributed by atoms with Crippen LogP contribution in [-0.4, -0.2) is 30.9 Å². The Labute approximate surface area is 128 Å². The van der Waals surface area contributed by atoms with Crippen LogP contribution in [0.1, 0.15) is 17.3 Å². The first kappa shape index (κ1) is 17.2. The molecule has 0 aromatic heterocycles. The summed E-state index contributed by atoms with van der Waals surface area (Å²) in [6.45, 7) is 5.74. The Balaban J connectivity index is 2.77. The summed E-state index contributed by atoms with van der Waals surface area (Å²) < 4.78 is 4.67. The van der Waals surface area contributed by atoms with Crippen LogP contribution in [0.4, 0.5) is 5.69 Å². The number of rotatable bonds is 7. The van der Waals surface area contributed by atoms with Gasteiger partial charge in [-0.05, 0) is 19.1 Å². The second-order valence-electron chi connectivity index (χ2n) is 4.12. The van der Waals surface area contributed by atoms with Crippen LogP contribution in [0.25, 0.3) is 0 Å². The van der Waals surface area contributed by atoms with Gasteiger partial charge in [0.1, 0.15) is 0 Å². The van der Waals surface area contributed by atoms with Gasteiger partial charge in [-0.3, -0.25) is 9.59 Å². The number of amides is 2. The Kier molecular flexibility index (Phi) is 7.12. The molecule has 0 aliphatic heterocycles. The van der Waals surface area contributed by atoms with Crippen LogP contribution in [0.5, 0.6) is 0 Å². The van der Waals surface area contributed by atoms with E-state index in [0.717, 1.165) is 12.2 Å². The third-order valence-corrected chi connectivity index (χ3v) is 2.49. The maximum atomic E-state index is 12.0. The minimum atomic E-state index is -0.602. The van der Waals surface area contributed by atoms with Crippen molar-refractivity contribution in [3.05, 3.63) is 54.6 Å². The maximum Gasteiger partial charge on any atom is 0.330 e. The number of nitrogens with one attached hydrogen (secondary N) is 2. The molecule has 1 rings (SSSR count). The number of para-hydroxylation sites is 1. The van der Waals surface area contributed by atoms with E-state index in [9.17, 15) is 14.4 Å². The molecular formula is C16H18N2O4. The summed E-state index contributed by atoms with van der Waals surface area (Å²) in [6.07, 6.45) is 3.64. The van der Waals surface area contributed by atoms with E-state index in [-0.39, 0.29) is 12.5 Å². The molecule has 2 N–H and O–H groups in total. The highest BCUT2D eigenvalue weighted by Crippen LogP contribution is 2.14. The Morgan fingerprint density at radius 1 is 1.23 bits per heavy atom. The molecule has 0 aliphatic carbocycles. The lowest BCUT2D eigenvalue weighted by atomic mass is 10.1. The highest BCUT2D eigenvalue weighted by molar-refractivity contribution is 6.07. The highest BCUT2D eigenvalue weighted by Gasteiger charge is 2.11. The number of carbonyl (C=O) groups excluding carboxylic acids is 3. The lowest BCUT2D eigenvalue weighted by Gasteiger charge is -2.09. The molecule has 0 saturated heterocycles. The molecule has 0 aliphatic rings. The number of carbonyl (C=O) groups is 3. The second kappa shape index (κ2) is 9.12. The van der Waals surface area contributed by atoms with E-state index >= 15 is 0 Å². The molecule has 0 heterocycles. The number of anilines is 1. The normalized spacial score (nSPS) is 10.0. The van der Waals surface area contributed by atoms with Crippen molar-refractivity contribution in [2.45, 2.75) is 6.92 Å². The van der Waals surface area contributed by atoms with Gasteiger partial charge in [0.2, 0.25) is 5.91 Å². The quantitative estimate of drug-likeness (QED) is 0.456. The monoisotopic (exact) mass is 302 g/mol. The molecule has 22 heavy (non-hydrogen) atoms. The first-order chi connectivity index (χ1) is 10.6. The van der Waals surface area contributed by atoms with E-state index in [1.54, 1.807) is 37.3 Å². The van der Waals surface area contributed by atoms with Gasteiger partial charge < -0.3 is 15.4 Å². The third-order valence-electron chi connectivity index (χ3n) is 2.49. The second-order valence-corrected chi connectivity index (χ2v) is 4.12. The molecule has 6 heteroatoms. The van der Waals surface area contributed by atoms with E-state index in [1.807, 2.05) is 0 Å². The van der Waals surface area contributed by atoms with Crippen LogP contribution in [0, 0.1) is 0 Å². The smallest absolute Gasteiger partial charge is 0.330 e. The van der Waals surface area contributed by atoms with Gasteiger partial charge in [0.05, 0.1) is 17.9 Å². The predicted molar refractivity (Wildman–Crippen MR) is 83.4 cm³/mol. The summed E-state index contributed by atoms with van der Waals surface area (Å²) in [7, 11) is 0. The Hall–Kier alpha value is -2.89. The average Bonchev–Trinajstić information content (AvgIpc) is 2.51. The first-order valence-electron chi connectivity index (χ1n) is 6.72. The summed E-state index contributed by atoms with van der Waals surface area (Å²) in [5.41, 5.74) is 0.671. The van der Waals surface area contributed by atoms with Crippen LogP contribution in [0.2, 0.25) is 0 Å². The topological polar surface area (TPSA) is 84.5 Å². The van der Waals surface area contributed by atoms with Crippen molar-refractivity contribution in [3.8, 4) is 0 Å². The fraction of sp³-hybridized carbons (Fsp3) is 0.188. The molecule has 116 valence electrons. The van der Waals surface area contributed by atoms with Crippen molar-refractivity contribution in [2.24, 2.45) is 0 Å². The molecular weight excluding hydrogens is 284 g/mol. The molecule has 0 radical (unpaired) electrons. The van der Waals surface area contributed by atoms with Gasteiger partial charge in [0, 0.05) is 18.7 Å². The van der Waals surface area contributed by atoms with E-state index in [2.05, 4.69) is 21.9 Å². The Morgan fingerprint density at radius 2 is 1.95 bits per heavy atom. The van der Waals surface area contributed by atoms with Crippen molar-refractivity contribution in [3.63, 3.8) is 0 Å². The molecule has 0 bridgehead atoms. The van der Waals surface area contributed by atoms with Crippen molar-refractivity contribution < 1.29 is 19.1 Å². The van der Waals surface area contributed by atoms with Gasteiger partial charge in [-0.1, -0.05) is 18.2 Å². The van der Waals surface area contributed by atoms with Gasteiger partial charge in [-0.2, -0.15) is 0 Å². The molecule has 0 fully saturated rings. The summed E-state index contributed by atoms with van der Waals surface area (Å²) in [5, 5.41) is 5.17. The zero-order valence-corrected chi connectivity index (χ0v) is 12.3. The lowest BCUT2D eigenvalue weighted by molar-refractivity contribution is -0.137. The number of hydrogen-bond donors (Lipinski definition) is 2. The van der Waals surface area contributed by atoms with Crippen LogP contribution in [-0.2, 0) is 14.3 Å². The van der Waals surface area contributed by atoms with Gasteiger partial charge in [-0.15, -0.1) is 6.58 Å². The van der Waals surface area contributed by atoms with Crippen molar-refractivity contribution >= 4 is 23.5 Å². The molecule has 0 atom stereocenters.